The van der Waals surface area contributed by atoms with Gasteiger partial charge in [-0.05, 0) is 12.1 Å². The Balaban J connectivity index is 1.73. The predicted octanol–water partition coefficient (Wildman–Crippen LogP) is 3.41. The van der Waals surface area contributed by atoms with Crippen LogP contribution in [0.15, 0.2) is 24.5 Å². The Bertz CT molecular complexity index is 969. The maximum absolute atomic E-state index is 13.0. The molecule has 4 rings (SSSR count). The lowest BCUT2D eigenvalue weighted by Gasteiger charge is -2.13. The lowest BCUT2D eigenvalue weighted by Crippen LogP contribution is -2.12. The number of nitrogens with one attached hydrogen (secondary N) is 2. The topological polar surface area (TPSA) is 76.9 Å². The summed E-state index contributed by atoms with van der Waals surface area (Å²) in [5.74, 6) is 0.490. The largest absolute Gasteiger partial charge is 0.491 e. The second-order valence-corrected chi connectivity index (χ2v) is 5.77. The Labute approximate surface area is 146 Å². The van der Waals surface area contributed by atoms with Crippen LogP contribution in [0.2, 0.25) is 0 Å². The molecule has 0 saturated carbocycles. The van der Waals surface area contributed by atoms with Gasteiger partial charge in [0.25, 0.3) is 0 Å². The first-order chi connectivity index (χ1) is 12.5. The van der Waals surface area contributed by atoms with Crippen molar-refractivity contribution in [2.45, 2.75) is 19.1 Å². The fraction of sp³-hybridized carbons (Fsp3) is 0.312. The van der Waals surface area contributed by atoms with Gasteiger partial charge < -0.3 is 15.4 Å². The predicted molar refractivity (Wildman–Crippen MR) is 89.7 cm³/mol. The summed E-state index contributed by atoms with van der Waals surface area (Å²) in [6.45, 7) is 1.35. The number of hydrogen-bond donors (Lipinski definition) is 2. The van der Waals surface area contributed by atoms with Crippen LogP contribution in [-0.4, -0.2) is 33.4 Å². The van der Waals surface area contributed by atoms with Crippen LogP contribution in [0.25, 0.3) is 10.9 Å². The third-order valence-corrected chi connectivity index (χ3v) is 4.11. The average Bonchev–Trinajstić information content (AvgIpc) is 2.92. The molecule has 2 aromatic heterocycles. The van der Waals surface area contributed by atoms with Gasteiger partial charge in [0.2, 0.25) is 5.95 Å². The SMILES string of the molecule is CNc1nc(Nc2ccc3c4c2cnn4CCCO3)ncc1C(F)(F)F. The van der Waals surface area contributed by atoms with Gasteiger partial charge >= 0.3 is 6.18 Å². The normalized spacial score (nSPS) is 14.0. The van der Waals surface area contributed by atoms with Crippen LogP contribution in [0.4, 0.5) is 30.6 Å². The Morgan fingerprint density at radius 1 is 1.23 bits per heavy atom. The second-order valence-electron chi connectivity index (χ2n) is 5.77. The first-order valence-corrected chi connectivity index (χ1v) is 7.97. The molecule has 3 heterocycles. The number of aryl methyl sites for hydroxylation is 1. The minimum Gasteiger partial charge on any atom is -0.491 e. The molecule has 0 spiro atoms. The maximum atomic E-state index is 13.0. The van der Waals surface area contributed by atoms with Crippen LogP contribution in [0, 0.1) is 0 Å². The molecular formula is C16H15F3N6O. The first-order valence-electron chi connectivity index (χ1n) is 7.97. The van der Waals surface area contributed by atoms with Crippen LogP contribution >= 0.6 is 0 Å². The second kappa shape index (κ2) is 6.04. The van der Waals surface area contributed by atoms with Gasteiger partial charge in [-0.15, -0.1) is 0 Å². The van der Waals surface area contributed by atoms with E-state index in [0.29, 0.717) is 12.3 Å². The molecule has 1 aromatic carbocycles. The van der Waals surface area contributed by atoms with Gasteiger partial charge in [-0.3, -0.25) is 4.68 Å². The van der Waals surface area contributed by atoms with E-state index >= 15 is 0 Å². The number of ether oxygens (including phenoxy) is 1. The smallest absolute Gasteiger partial charge is 0.421 e. The summed E-state index contributed by atoms with van der Waals surface area (Å²) in [7, 11) is 1.38. The highest BCUT2D eigenvalue weighted by atomic mass is 19.4. The fourth-order valence-corrected chi connectivity index (χ4v) is 2.92. The summed E-state index contributed by atoms with van der Waals surface area (Å²) in [6.07, 6.45) is -1.23. The molecule has 7 nitrogen and oxygen atoms in total. The van der Waals surface area contributed by atoms with E-state index in [1.54, 1.807) is 18.3 Å². The van der Waals surface area contributed by atoms with Gasteiger partial charge in [-0.1, -0.05) is 0 Å². The molecule has 0 unspecified atom stereocenters. The van der Waals surface area contributed by atoms with Crippen molar-refractivity contribution in [3.63, 3.8) is 0 Å². The van der Waals surface area contributed by atoms with Crippen molar-refractivity contribution >= 4 is 28.4 Å². The molecule has 1 aliphatic heterocycles. The van der Waals surface area contributed by atoms with E-state index in [2.05, 4.69) is 25.7 Å². The Hall–Kier alpha value is -3.04. The molecule has 0 aliphatic carbocycles. The monoisotopic (exact) mass is 364 g/mol. The molecular weight excluding hydrogens is 349 g/mol. The molecule has 3 aromatic rings. The van der Waals surface area contributed by atoms with E-state index in [1.165, 1.54) is 7.05 Å². The van der Waals surface area contributed by atoms with E-state index in [4.69, 9.17) is 4.74 Å². The van der Waals surface area contributed by atoms with Crippen molar-refractivity contribution in [2.24, 2.45) is 0 Å². The molecule has 10 heteroatoms. The highest BCUT2D eigenvalue weighted by Gasteiger charge is 2.35. The lowest BCUT2D eigenvalue weighted by atomic mass is 10.2. The number of rotatable bonds is 3. The molecule has 0 fully saturated rings. The van der Waals surface area contributed by atoms with E-state index < -0.39 is 11.7 Å². The van der Waals surface area contributed by atoms with E-state index in [-0.39, 0.29) is 11.8 Å². The number of alkyl halides is 3. The summed E-state index contributed by atoms with van der Waals surface area (Å²) in [4.78, 5) is 7.73. The van der Waals surface area contributed by atoms with Crippen molar-refractivity contribution in [1.82, 2.24) is 19.7 Å². The van der Waals surface area contributed by atoms with E-state index in [0.717, 1.165) is 35.8 Å². The molecule has 0 radical (unpaired) electrons. The zero-order valence-corrected chi connectivity index (χ0v) is 13.8. The summed E-state index contributed by atoms with van der Waals surface area (Å²) < 4.78 is 46.5. The Morgan fingerprint density at radius 3 is 2.85 bits per heavy atom. The molecule has 0 amide bonds. The number of halogens is 3. The van der Waals surface area contributed by atoms with Gasteiger partial charge in [-0.25, -0.2) is 4.98 Å². The van der Waals surface area contributed by atoms with Crippen molar-refractivity contribution in [2.75, 3.05) is 24.3 Å². The average molecular weight is 364 g/mol. The molecule has 136 valence electrons. The van der Waals surface area contributed by atoms with Gasteiger partial charge in [0.15, 0.2) is 0 Å². The van der Waals surface area contributed by atoms with Gasteiger partial charge in [0.05, 0.1) is 18.5 Å². The lowest BCUT2D eigenvalue weighted by molar-refractivity contribution is -0.137. The van der Waals surface area contributed by atoms with Crippen LogP contribution < -0.4 is 15.4 Å². The minimum absolute atomic E-state index is 0.0555. The Kier molecular flexibility index (Phi) is 3.82. The van der Waals surface area contributed by atoms with Crippen molar-refractivity contribution in [3.05, 3.63) is 30.1 Å². The zero-order chi connectivity index (χ0) is 18.3. The van der Waals surface area contributed by atoms with Gasteiger partial charge in [0.1, 0.15) is 22.6 Å². The van der Waals surface area contributed by atoms with Crippen LogP contribution in [0.3, 0.4) is 0 Å². The first kappa shape index (κ1) is 16.4. The number of nitrogens with zero attached hydrogens (tertiary/aromatic N) is 4. The van der Waals surface area contributed by atoms with Crippen LogP contribution in [0.5, 0.6) is 5.75 Å². The third-order valence-electron chi connectivity index (χ3n) is 4.11. The maximum Gasteiger partial charge on any atom is 0.421 e. The van der Waals surface area contributed by atoms with E-state index in [1.807, 2.05) is 4.68 Å². The van der Waals surface area contributed by atoms with Crippen LogP contribution in [0.1, 0.15) is 12.0 Å². The molecule has 0 saturated heterocycles. The van der Waals surface area contributed by atoms with Crippen molar-refractivity contribution in [1.29, 1.82) is 0 Å². The highest BCUT2D eigenvalue weighted by Crippen LogP contribution is 2.36. The third kappa shape index (κ3) is 2.76. The molecule has 0 atom stereocenters. The van der Waals surface area contributed by atoms with Gasteiger partial charge in [0, 0.05) is 31.6 Å². The number of hydrogen-bond acceptors (Lipinski definition) is 6. The Morgan fingerprint density at radius 2 is 2.08 bits per heavy atom. The molecule has 0 bridgehead atoms. The summed E-state index contributed by atoms with van der Waals surface area (Å²) in [5, 5.41) is 10.6. The number of anilines is 3. The number of aromatic nitrogens is 4. The molecule has 26 heavy (non-hydrogen) atoms. The van der Waals surface area contributed by atoms with Gasteiger partial charge in [-0.2, -0.15) is 23.3 Å². The standard InChI is InChI=1S/C16H15F3N6O/c1-20-14-10(16(17,18)19)8-21-15(24-14)23-11-3-4-12-13-9(11)7-22-25(13)5-2-6-26-12/h3-4,7-8H,2,5-6H2,1H3,(H2,20,21,23,24). The van der Waals surface area contributed by atoms with Crippen molar-refractivity contribution in [3.8, 4) is 5.75 Å². The van der Waals surface area contributed by atoms with Crippen LogP contribution in [-0.2, 0) is 12.7 Å². The van der Waals surface area contributed by atoms with Crippen molar-refractivity contribution < 1.29 is 17.9 Å². The molecule has 2 N–H and O–H groups in total. The fourth-order valence-electron chi connectivity index (χ4n) is 2.92. The number of benzene rings is 1. The quantitative estimate of drug-likeness (QED) is 0.742. The summed E-state index contributed by atoms with van der Waals surface area (Å²) in [6, 6.07) is 3.58. The zero-order valence-electron chi connectivity index (χ0n) is 13.8. The summed E-state index contributed by atoms with van der Waals surface area (Å²) >= 11 is 0. The minimum atomic E-state index is -4.53. The summed E-state index contributed by atoms with van der Waals surface area (Å²) in [5.41, 5.74) is 0.564. The van der Waals surface area contributed by atoms with E-state index in [9.17, 15) is 13.2 Å². The highest BCUT2D eigenvalue weighted by molar-refractivity contribution is 5.96. The molecule has 1 aliphatic rings.